The first-order valence-electron chi connectivity index (χ1n) is 6.64. The second-order valence-corrected chi connectivity index (χ2v) is 8.01. The molecule has 1 aromatic rings. The smallest absolute Gasteiger partial charge is 0.485 e. The number of hydrogen-bond acceptors (Lipinski definition) is 3. The van der Waals surface area contributed by atoms with Crippen LogP contribution in [0.3, 0.4) is 0 Å². The summed E-state index contributed by atoms with van der Waals surface area (Å²) in [6.07, 6.45) is 0. The number of hydrogen-bond donors (Lipinski definition) is 0. The van der Waals surface area contributed by atoms with Crippen molar-refractivity contribution in [2.24, 2.45) is 5.41 Å². The second-order valence-electron chi connectivity index (χ2n) is 6.64. The minimum atomic E-state index is -6.09. The van der Waals surface area contributed by atoms with Crippen LogP contribution in [0.1, 0.15) is 19.4 Å². The van der Waals surface area contributed by atoms with E-state index in [0.717, 1.165) is 0 Å². The lowest BCUT2D eigenvalue weighted by Gasteiger charge is -2.52. The van der Waals surface area contributed by atoms with Gasteiger partial charge in [-0.1, -0.05) is 30.3 Å². The second kappa shape index (κ2) is 6.17. The molecule has 1 aromatic carbocycles. The van der Waals surface area contributed by atoms with Crippen LogP contribution in [0.25, 0.3) is 0 Å². The van der Waals surface area contributed by atoms with Gasteiger partial charge in [0.25, 0.3) is 0 Å². The standard InChI is InChI=1S/C13H20N.CHF3O3S/c1-13(2)10-14(3,11-13)9-12-7-5-4-6-8-12;2-1(3,4)8(5,6)7/h4-8H,9-11H2,1-3H3;(H,5,6,7)/q+1;/p-1. The van der Waals surface area contributed by atoms with E-state index < -0.39 is 15.6 Å². The van der Waals surface area contributed by atoms with Crippen molar-refractivity contribution in [3.05, 3.63) is 35.9 Å². The van der Waals surface area contributed by atoms with Crippen LogP contribution >= 0.6 is 0 Å². The van der Waals surface area contributed by atoms with Gasteiger partial charge in [0.1, 0.15) is 6.54 Å². The molecule has 0 unspecified atom stereocenters. The van der Waals surface area contributed by atoms with Crippen LogP contribution in [-0.4, -0.2) is 43.1 Å². The van der Waals surface area contributed by atoms with E-state index in [-0.39, 0.29) is 0 Å². The summed E-state index contributed by atoms with van der Waals surface area (Å²) in [6, 6.07) is 10.8. The van der Waals surface area contributed by atoms with Crippen molar-refractivity contribution >= 4 is 10.1 Å². The number of likely N-dealkylation sites (tertiary alicyclic amines) is 1. The zero-order valence-electron chi connectivity index (χ0n) is 12.7. The molecule has 0 bridgehead atoms. The molecular weight excluding hydrogens is 319 g/mol. The van der Waals surface area contributed by atoms with Crippen LogP contribution in [0, 0.1) is 5.41 Å². The van der Waals surface area contributed by atoms with Gasteiger partial charge < -0.3 is 9.04 Å². The molecule has 1 heterocycles. The normalized spacial score (nSPS) is 19.6. The van der Waals surface area contributed by atoms with E-state index >= 15 is 0 Å². The molecular formula is C14H20F3NO3S. The van der Waals surface area contributed by atoms with Gasteiger partial charge in [0.15, 0.2) is 10.1 Å². The third kappa shape index (κ3) is 5.58. The lowest BCUT2D eigenvalue weighted by molar-refractivity contribution is -0.977. The Bertz CT molecular complexity index is 590. The molecule has 0 atom stereocenters. The van der Waals surface area contributed by atoms with Gasteiger partial charge in [0.2, 0.25) is 0 Å². The number of rotatable bonds is 2. The number of benzene rings is 1. The largest absolute Gasteiger partial charge is 0.741 e. The highest BCUT2D eigenvalue weighted by Crippen LogP contribution is 2.36. The fourth-order valence-corrected chi connectivity index (χ4v) is 3.16. The van der Waals surface area contributed by atoms with E-state index in [2.05, 4.69) is 51.2 Å². The zero-order valence-corrected chi connectivity index (χ0v) is 13.5. The molecule has 0 spiro atoms. The number of nitrogens with zero attached hydrogens (tertiary/aromatic N) is 1. The maximum absolute atomic E-state index is 10.7. The Morgan fingerprint density at radius 3 is 1.91 bits per heavy atom. The zero-order chi connectivity index (χ0) is 17.2. The summed E-state index contributed by atoms with van der Waals surface area (Å²) in [5, 5.41) is 0. The van der Waals surface area contributed by atoms with Crippen LogP contribution < -0.4 is 0 Å². The molecule has 1 saturated heterocycles. The van der Waals surface area contributed by atoms with Gasteiger partial charge in [-0.2, -0.15) is 13.2 Å². The Morgan fingerprint density at radius 2 is 1.59 bits per heavy atom. The SMILES string of the molecule is CC1(C)C[N+](C)(Cc2ccccc2)C1.O=S(=O)([O-])C(F)(F)F. The van der Waals surface area contributed by atoms with E-state index in [9.17, 15) is 13.2 Å². The maximum Gasteiger partial charge on any atom is 0.485 e. The molecule has 0 N–H and O–H groups in total. The Balaban J connectivity index is 0.000000261. The number of halogens is 3. The van der Waals surface area contributed by atoms with Crippen molar-refractivity contribution in [3.8, 4) is 0 Å². The fraction of sp³-hybridized carbons (Fsp3) is 0.571. The van der Waals surface area contributed by atoms with Crippen LogP contribution in [0.15, 0.2) is 30.3 Å². The molecule has 0 amide bonds. The maximum atomic E-state index is 10.7. The highest BCUT2D eigenvalue weighted by atomic mass is 32.2. The average Bonchev–Trinajstić information content (AvgIpc) is 2.24. The summed E-state index contributed by atoms with van der Waals surface area (Å²) in [5.74, 6) is 0. The summed E-state index contributed by atoms with van der Waals surface area (Å²) in [7, 11) is -3.73. The summed E-state index contributed by atoms with van der Waals surface area (Å²) in [5.41, 5.74) is -3.62. The van der Waals surface area contributed by atoms with Crippen molar-refractivity contribution in [1.82, 2.24) is 0 Å². The van der Waals surface area contributed by atoms with Crippen molar-refractivity contribution in [3.63, 3.8) is 0 Å². The monoisotopic (exact) mass is 339 g/mol. The Labute approximate surface area is 128 Å². The first-order valence-corrected chi connectivity index (χ1v) is 8.05. The van der Waals surface area contributed by atoms with Gasteiger partial charge >= 0.3 is 5.51 Å². The van der Waals surface area contributed by atoms with Gasteiger partial charge in [0.05, 0.1) is 25.6 Å². The summed E-state index contributed by atoms with van der Waals surface area (Å²) in [4.78, 5) is 0. The predicted octanol–water partition coefficient (Wildman–Crippen LogP) is 2.72. The van der Waals surface area contributed by atoms with Crippen LogP contribution in [0.5, 0.6) is 0 Å². The van der Waals surface area contributed by atoms with Gasteiger partial charge in [-0.05, 0) is 13.8 Å². The molecule has 2 rings (SSSR count). The Morgan fingerprint density at radius 1 is 1.18 bits per heavy atom. The molecule has 1 aliphatic rings. The molecule has 0 radical (unpaired) electrons. The van der Waals surface area contributed by atoms with Crippen molar-refractivity contribution in [2.75, 3.05) is 20.1 Å². The van der Waals surface area contributed by atoms with E-state index in [4.69, 9.17) is 13.0 Å². The van der Waals surface area contributed by atoms with E-state index in [0.29, 0.717) is 5.41 Å². The Hall–Kier alpha value is -1.12. The van der Waals surface area contributed by atoms with Crippen molar-refractivity contribution in [2.45, 2.75) is 25.9 Å². The van der Waals surface area contributed by atoms with Crippen molar-refractivity contribution in [1.29, 1.82) is 0 Å². The van der Waals surface area contributed by atoms with E-state index in [1.165, 1.54) is 29.7 Å². The number of quaternary nitrogens is 1. The predicted molar refractivity (Wildman–Crippen MR) is 75.6 cm³/mol. The molecule has 1 fully saturated rings. The Kier molecular flexibility index (Phi) is 5.31. The lowest BCUT2D eigenvalue weighted by Crippen LogP contribution is -2.64. The minimum Gasteiger partial charge on any atom is -0.741 e. The molecule has 8 heteroatoms. The highest BCUT2D eigenvalue weighted by Gasteiger charge is 2.46. The van der Waals surface area contributed by atoms with E-state index in [1.807, 2.05) is 0 Å². The van der Waals surface area contributed by atoms with Gasteiger partial charge in [-0.15, -0.1) is 0 Å². The molecule has 0 saturated carbocycles. The molecule has 1 aliphatic heterocycles. The van der Waals surface area contributed by atoms with Crippen LogP contribution in [0.4, 0.5) is 13.2 Å². The first-order chi connectivity index (χ1) is 9.74. The molecule has 0 aliphatic carbocycles. The van der Waals surface area contributed by atoms with Gasteiger partial charge in [-0.25, -0.2) is 8.42 Å². The molecule has 22 heavy (non-hydrogen) atoms. The lowest BCUT2D eigenvalue weighted by atomic mass is 9.81. The van der Waals surface area contributed by atoms with Gasteiger partial charge in [-0.3, -0.25) is 0 Å². The van der Waals surface area contributed by atoms with Gasteiger partial charge in [0, 0.05) is 5.56 Å². The average molecular weight is 339 g/mol. The highest BCUT2D eigenvalue weighted by molar-refractivity contribution is 7.86. The quantitative estimate of drug-likeness (QED) is 0.473. The van der Waals surface area contributed by atoms with Crippen LogP contribution in [-0.2, 0) is 16.7 Å². The first kappa shape index (κ1) is 18.9. The summed E-state index contributed by atoms with van der Waals surface area (Å²) >= 11 is 0. The third-order valence-corrected chi connectivity index (χ3v) is 3.88. The number of alkyl halides is 3. The minimum absolute atomic E-state index is 0.559. The van der Waals surface area contributed by atoms with Crippen molar-refractivity contribution < 1.29 is 30.6 Å². The van der Waals surface area contributed by atoms with Crippen LogP contribution in [0.2, 0.25) is 0 Å². The fourth-order valence-electron chi connectivity index (χ4n) is 3.16. The summed E-state index contributed by atoms with van der Waals surface area (Å²) < 4.78 is 60.1. The third-order valence-electron chi connectivity index (χ3n) is 3.31. The topological polar surface area (TPSA) is 57.2 Å². The molecule has 126 valence electrons. The molecule has 4 nitrogen and oxygen atoms in total. The summed E-state index contributed by atoms with van der Waals surface area (Å²) in [6.45, 7) is 8.52. The van der Waals surface area contributed by atoms with E-state index in [1.54, 1.807) is 0 Å². The molecule has 0 aromatic heterocycles.